The SMILES string of the molecule is CCOC(=O)c1ncc(S(=O)(=O)c2ccccc2)s1. The van der Waals surface area contributed by atoms with Crippen molar-refractivity contribution in [3.63, 3.8) is 0 Å². The summed E-state index contributed by atoms with van der Waals surface area (Å²) in [7, 11) is -3.62. The number of rotatable bonds is 4. The van der Waals surface area contributed by atoms with E-state index in [9.17, 15) is 13.2 Å². The highest BCUT2D eigenvalue weighted by Crippen LogP contribution is 2.26. The van der Waals surface area contributed by atoms with Crippen LogP contribution in [0, 0.1) is 0 Å². The molecule has 2 rings (SSSR count). The smallest absolute Gasteiger partial charge is 0.367 e. The fourth-order valence-corrected chi connectivity index (χ4v) is 3.83. The Balaban J connectivity index is 2.36. The minimum Gasteiger partial charge on any atom is -0.461 e. The predicted molar refractivity (Wildman–Crippen MR) is 70.0 cm³/mol. The molecule has 0 saturated carbocycles. The summed E-state index contributed by atoms with van der Waals surface area (Å²) in [5.74, 6) is -0.609. The van der Waals surface area contributed by atoms with E-state index in [1.165, 1.54) is 18.3 Å². The van der Waals surface area contributed by atoms with Gasteiger partial charge >= 0.3 is 5.97 Å². The van der Waals surface area contributed by atoms with Gasteiger partial charge in [0.2, 0.25) is 14.8 Å². The van der Waals surface area contributed by atoms with Crippen molar-refractivity contribution in [1.29, 1.82) is 0 Å². The Bertz CT molecular complexity index is 677. The van der Waals surface area contributed by atoms with Crippen LogP contribution >= 0.6 is 11.3 Å². The second-order valence-electron chi connectivity index (χ2n) is 3.52. The summed E-state index contributed by atoms with van der Waals surface area (Å²) in [4.78, 5) is 15.4. The van der Waals surface area contributed by atoms with Crippen molar-refractivity contribution < 1.29 is 17.9 Å². The molecule has 0 amide bonds. The molecule has 5 nitrogen and oxygen atoms in total. The van der Waals surface area contributed by atoms with Gasteiger partial charge in [0.05, 0.1) is 17.7 Å². The van der Waals surface area contributed by atoms with Gasteiger partial charge in [-0.1, -0.05) is 29.5 Å². The average molecular weight is 297 g/mol. The van der Waals surface area contributed by atoms with Crippen molar-refractivity contribution in [3.8, 4) is 0 Å². The molecule has 0 spiro atoms. The summed E-state index contributed by atoms with van der Waals surface area (Å²) in [5, 5.41) is 0.0383. The number of hydrogen-bond donors (Lipinski definition) is 0. The number of esters is 1. The monoisotopic (exact) mass is 297 g/mol. The van der Waals surface area contributed by atoms with Gasteiger partial charge in [0, 0.05) is 0 Å². The number of aromatic nitrogens is 1. The summed E-state index contributed by atoms with van der Waals surface area (Å²) in [6.07, 6.45) is 1.18. The van der Waals surface area contributed by atoms with Gasteiger partial charge in [-0.05, 0) is 19.1 Å². The van der Waals surface area contributed by atoms with E-state index in [-0.39, 0.29) is 20.7 Å². The van der Waals surface area contributed by atoms with Crippen molar-refractivity contribution in [2.24, 2.45) is 0 Å². The van der Waals surface area contributed by atoms with Crippen LogP contribution in [0.15, 0.2) is 45.6 Å². The first-order valence-electron chi connectivity index (χ1n) is 5.49. The highest BCUT2D eigenvalue weighted by atomic mass is 32.2. The Morgan fingerprint density at radius 1 is 1.32 bits per heavy atom. The topological polar surface area (TPSA) is 73.3 Å². The van der Waals surface area contributed by atoms with Crippen LogP contribution < -0.4 is 0 Å². The zero-order valence-corrected chi connectivity index (χ0v) is 11.7. The lowest BCUT2D eigenvalue weighted by molar-refractivity contribution is 0.0526. The molecule has 0 unspecified atom stereocenters. The van der Waals surface area contributed by atoms with E-state index in [0.29, 0.717) is 0 Å². The molecule has 1 aromatic heterocycles. The maximum atomic E-state index is 12.2. The number of nitrogens with zero attached hydrogens (tertiary/aromatic N) is 1. The Kier molecular flexibility index (Phi) is 3.96. The van der Waals surface area contributed by atoms with Gasteiger partial charge < -0.3 is 4.74 Å². The van der Waals surface area contributed by atoms with Gasteiger partial charge in [0.15, 0.2) is 0 Å². The minimum absolute atomic E-state index is 0.0294. The average Bonchev–Trinajstić information content (AvgIpc) is 2.90. The van der Waals surface area contributed by atoms with Crippen LogP contribution in [0.4, 0.5) is 0 Å². The van der Waals surface area contributed by atoms with E-state index < -0.39 is 15.8 Å². The number of benzene rings is 1. The number of carbonyl (C=O) groups is 1. The maximum Gasteiger partial charge on any atom is 0.367 e. The molecule has 0 aliphatic rings. The summed E-state index contributed by atoms with van der Waals surface area (Å²) in [6.45, 7) is 1.90. The van der Waals surface area contributed by atoms with Crippen LogP contribution in [0.1, 0.15) is 16.7 Å². The van der Waals surface area contributed by atoms with E-state index in [4.69, 9.17) is 4.74 Å². The first-order valence-corrected chi connectivity index (χ1v) is 7.78. The summed E-state index contributed by atoms with van der Waals surface area (Å²) < 4.78 is 29.3. The third-order valence-electron chi connectivity index (χ3n) is 2.25. The Morgan fingerprint density at radius 2 is 2.00 bits per heavy atom. The van der Waals surface area contributed by atoms with E-state index in [1.54, 1.807) is 25.1 Å². The third-order valence-corrected chi connectivity index (χ3v) is 5.46. The molecule has 19 heavy (non-hydrogen) atoms. The lowest BCUT2D eigenvalue weighted by Crippen LogP contribution is -2.03. The van der Waals surface area contributed by atoms with E-state index in [0.717, 1.165) is 11.3 Å². The summed E-state index contributed by atoms with van der Waals surface area (Å²) >= 11 is 0.809. The van der Waals surface area contributed by atoms with Crippen molar-refractivity contribution in [3.05, 3.63) is 41.5 Å². The molecule has 2 aromatic rings. The molecule has 0 radical (unpaired) electrons. The fraction of sp³-hybridized carbons (Fsp3) is 0.167. The quantitative estimate of drug-likeness (QED) is 0.808. The highest BCUT2D eigenvalue weighted by molar-refractivity contribution is 7.93. The van der Waals surface area contributed by atoms with Crippen LogP contribution in [0.5, 0.6) is 0 Å². The lowest BCUT2D eigenvalue weighted by atomic mass is 10.4. The first kappa shape index (κ1) is 13.7. The Labute approximate surface area is 114 Å². The number of carbonyl (C=O) groups excluding carboxylic acids is 1. The largest absolute Gasteiger partial charge is 0.461 e. The lowest BCUT2D eigenvalue weighted by Gasteiger charge is -1.99. The van der Waals surface area contributed by atoms with E-state index in [2.05, 4.69) is 4.98 Å². The van der Waals surface area contributed by atoms with Gasteiger partial charge in [-0.2, -0.15) is 0 Å². The molecular formula is C12H11NO4S2. The van der Waals surface area contributed by atoms with Gasteiger partial charge in [-0.15, -0.1) is 0 Å². The standard InChI is InChI=1S/C12H11NO4S2/c1-2-17-12(14)11-13-8-10(18-11)19(15,16)9-6-4-3-5-7-9/h3-8H,2H2,1H3. The van der Waals surface area contributed by atoms with Gasteiger partial charge in [0.25, 0.3) is 0 Å². The predicted octanol–water partition coefficient (Wildman–Crippen LogP) is 2.15. The van der Waals surface area contributed by atoms with Gasteiger partial charge in [-0.3, -0.25) is 0 Å². The van der Waals surface area contributed by atoms with Crippen LogP contribution in [0.3, 0.4) is 0 Å². The zero-order chi connectivity index (χ0) is 13.9. The second kappa shape index (κ2) is 5.50. The Hall–Kier alpha value is -1.73. The molecule has 100 valence electrons. The molecule has 0 atom stereocenters. The Morgan fingerprint density at radius 3 is 2.63 bits per heavy atom. The molecular weight excluding hydrogens is 286 g/mol. The molecule has 1 aromatic carbocycles. The molecule has 7 heteroatoms. The summed E-state index contributed by atoms with van der Waals surface area (Å²) in [5.41, 5.74) is 0. The molecule has 0 aliphatic heterocycles. The zero-order valence-electron chi connectivity index (χ0n) is 10.1. The van der Waals surface area contributed by atoms with Gasteiger partial charge in [-0.25, -0.2) is 18.2 Å². The van der Waals surface area contributed by atoms with Crippen LogP contribution in [-0.4, -0.2) is 26.0 Å². The molecule has 0 fully saturated rings. The molecule has 0 aliphatic carbocycles. The van der Waals surface area contributed by atoms with E-state index >= 15 is 0 Å². The molecule has 0 saturated heterocycles. The molecule has 1 heterocycles. The fourth-order valence-electron chi connectivity index (χ4n) is 1.39. The number of sulfone groups is 1. The number of thiazole rings is 1. The minimum atomic E-state index is -3.62. The number of hydrogen-bond acceptors (Lipinski definition) is 6. The van der Waals surface area contributed by atoms with Crippen molar-refractivity contribution in [2.75, 3.05) is 6.61 Å². The van der Waals surface area contributed by atoms with Gasteiger partial charge in [0.1, 0.15) is 4.21 Å². The molecule has 0 bridgehead atoms. The maximum absolute atomic E-state index is 12.2. The van der Waals surface area contributed by atoms with Crippen LogP contribution in [0.25, 0.3) is 0 Å². The molecule has 0 N–H and O–H groups in total. The second-order valence-corrected chi connectivity index (χ2v) is 6.73. The number of ether oxygens (including phenoxy) is 1. The van der Waals surface area contributed by atoms with Crippen molar-refractivity contribution >= 4 is 27.1 Å². The highest BCUT2D eigenvalue weighted by Gasteiger charge is 2.22. The summed E-state index contributed by atoms with van der Waals surface area (Å²) in [6, 6.07) is 8.01. The van der Waals surface area contributed by atoms with Crippen molar-refractivity contribution in [2.45, 2.75) is 16.0 Å². The van der Waals surface area contributed by atoms with Crippen LogP contribution in [0.2, 0.25) is 0 Å². The third kappa shape index (κ3) is 2.82. The normalized spacial score (nSPS) is 11.2. The van der Waals surface area contributed by atoms with E-state index in [1.807, 2.05) is 0 Å². The van der Waals surface area contributed by atoms with Crippen molar-refractivity contribution in [1.82, 2.24) is 4.98 Å². The first-order chi connectivity index (χ1) is 9.05. The van der Waals surface area contributed by atoms with Crippen LogP contribution in [-0.2, 0) is 14.6 Å².